The van der Waals surface area contributed by atoms with Gasteiger partial charge in [0.25, 0.3) is 0 Å². The Balaban J connectivity index is 1.76. The second-order valence-corrected chi connectivity index (χ2v) is 4.70. The molecule has 1 atom stereocenters. The van der Waals surface area contributed by atoms with E-state index in [2.05, 4.69) is 5.32 Å². The van der Waals surface area contributed by atoms with Gasteiger partial charge in [0.2, 0.25) is 5.91 Å². The average Bonchev–Trinajstić information content (AvgIpc) is 2.59. The topological polar surface area (TPSA) is 41.6 Å². The van der Waals surface area contributed by atoms with Gasteiger partial charge in [-0.15, -0.1) is 0 Å². The van der Waals surface area contributed by atoms with E-state index in [1.807, 2.05) is 4.90 Å². The van der Waals surface area contributed by atoms with Gasteiger partial charge >= 0.3 is 0 Å². The number of rotatable bonds is 2. The van der Waals surface area contributed by atoms with E-state index in [1.165, 1.54) is 12.8 Å². The third-order valence-electron chi connectivity index (χ3n) is 3.37. The van der Waals surface area contributed by atoms with E-state index >= 15 is 0 Å². The molecule has 1 unspecified atom stereocenters. The molecule has 2 rings (SSSR count). The molecule has 0 aliphatic carbocycles. The van der Waals surface area contributed by atoms with Crippen molar-refractivity contribution in [3.05, 3.63) is 0 Å². The van der Waals surface area contributed by atoms with Crippen molar-refractivity contribution in [2.24, 2.45) is 0 Å². The molecule has 4 heteroatoms. The summed E-state index contributed by atoms with van der Waals surface area (Å²) in [6.45, 7) is 4.35. The van der Waals surface area contributed by atoms with Crippen molar-refractivity contribution in [2.45, 2.75) is 38.2 Å². The molecular weight excluding hydrogens is 204 g/mol. The van der Waals surface area contributed by atoms with Crippen molar-refractivity contribution in [3.63, 3.8) is 0 Å². The monoisotopic (exact) mass is 226 g/mol. The van der Waals surface area contributed by atoms with Crippen molar-refractivity contribution in [2.75, 3.05) is 32.8 Å². The largest absolute Gasteiger partial charge is 0.375 e. The molecule has 1 N–H and O–H groups in total. The van der Waals surface area contributed by atoms with Crippen LogP contribution >= 0.6 is 0 Å². The number of nitrogens with one attached hydrogen (secondary N) is 1. The first-order valence-corrected chi connectivity index (χ1v) is 6.46. The molecule has 0 radical (unpaired) electrons. The first-order valence-electron chi connectivity index (χ1n) is 6.46. The lowest BCUT2D eigenvalue weighted by Crippen LogP contribution is -2.42. The van der Waals surface area contributed by atoms with Crippen LogP contribution < -0.4 is 5.32 Å². The van der Waals surface area contributed by atoms with Gasteiger partial charge in [0.15, 0.2) is 0 Å². The molecule has 2 heterocycles. The molecule has 0 bridgehead atoms. The Morgan fingerprint density at radius 1 is 1.25 bits per heavy atom. The zero-order valence-corrected chi connectivity index (χ0v) is 9.91. The van der Waals surface area contributed by atoms with Crippen LogP contribution in [0.1, 0.15) is 32.1 Å². The van der Waals surface area contributed by atoms with Gasteiger partial charge in [-0.3, -0.25) is 4.79 Å². The van der Waals surface area contributed by atoms with E-state index in [0.717, 1.165) is 45.6 Å². The molecule has 2 aliphatic rings. The van der Waals surface area contributed by atoms with Gasteiger partial charge in [-0.1, -0.05) is 12.8 Å². The van der Waals surface area contributed by atoms with Crippen LogP contribution in [0.2, 0.25) is 0 Å². The van der Waals surface area contributed by atoms with E-state index < -0.39 is 0 Å². The molecule has 0 saturated carbocycles. The van der Waals surface area contributed by atoms with Crippen LogP contribution in [0, 0.1) is 0 Å². The SMILES string of the molecule is O=C(CC1CNCCO1)N1CCCCCC1. The number of hydrogen-bond acceptors (Lipinski definition) is 3. The van der Waals surface area contributed by atoms with Gasteiger partial charge in [-0.05, 0) is 12.8 Å². The number of morpholine rings is 1. The Hall–Kier alpha value is -0.610. The first kappa shape index (κ1) is 11.9. The average molecular weight is 226 g/mol. The minimum atomic E-state index is 0.0875. The molecule has 2 aliphatic heterocycles. The summed E-state index contributed by atoms with van der Waals surface area (Å²) in [6.07, 6.45) is 5.50. The molecule has 2 saturated heterocycles. The van der Waals surface area contributed by atoms with Crippen LogP contribution in [0.15, 0.2) is 0 Å². The third-order valence-corrected chi connectivity index (χ3v) is 3.37. The number of nitrogens with zero attached hydrogens (tertiary/aromatic N) is 1. The van der Waals surface area contributed by atoms with E-state index in [4.69, 9.17) is 4.74 Å². The Bertz CT molecular complexity index is 219. The Labute approximate surface area is 97.3 Å². The maximum absolute atomic E-state index is 12.0. The highest BCUT2D eigenvalue weighted by atomic mass is 16.5. The standard InChI is InChI=1S/C12H22N2O2/c15-12(9-11-10-13-5-8-16-11)14-6-3-1-2-4-7-14/h11,13H,1-10H2. The molecule has 2 fully saturated rings. The zero-order chi connectivity index (χ0) is 11.2. The summed E-state index contributed by atoms with van der Waals surface area (Å²) in [7, 11) is 0. The molecule has 0 spiro atoms. The number of hydrogen-bond donors (Lipinski definition) is 1. The summed E-state index contributed by atoms with van der Waals surface area (Å²) in [4.78, 5) is 14.1. The van der Waals surface area contributed by atoms with E-state index in [9.17, 15) is 4.79 Å². The van der Waals surface area contributed by atoms with Crippen LogP contribution in [-0.2, 0) is 9.53 Å². The Morgan fingerprint density at radius 3 is 2.62 bits per heavy atom. The fraction of sp³-hybridized carbons (Fsp3) is 0.917. The van der Waals surface area contributed by atoms with Crippen molar-refractivity contribution in [1.82, 2.24) is 10.2 Å². The van der Waals surface area contributed by atoms with Gasteiger partial charge < -0.3 is 15.0 Å². The summed E-state index contributed by atoms with van der Waals surface area (Å²) >= 11 is 0. The molecule has 1 amide bonds. The summed E-state index contributed by atoms with van der Waals surface area (Å²) in [5, 5.41) is 3.26. The highest BCUT2D eigenvalue weighted by molar-refractivity contribution is 5.76. The Morgan fingerprint density at radius 2 is 2.00 bits per heavy atom. The molecular formula is C12H22N2O2. The van der Waals surface area contributed by atoms with E-state index in [0.29, 0.717) is 6.42 Å². The predicted octanol–water partition coefficient (Wildman–Crippen LogP) is 0.767. The van der Waals surface area contributed by atoms with Gasteiger partial charge in [0, 0.05) is 26.2 Å². The summed E-state index contributed by atoms with van der Waals surface area (Å²) in [5.74, 6) is 0.274. The lowest BCUT2D eigenvalue weighted by Gasteiger charge is -2.26. The molecule has 0 aromatic carbocycles. The maximum Gasteiger partial charge on any atom is 0.225 e. The number of ether oxygens (including phenoxy) is 1. The van der Waals surface area contributed by atoms with Gasteiger partial charge in [-0.2, -0.15) is 0 Å². The number of likely N-dealkylation sites (tertiary alicyclic amines) is 1. The number of amides is 1. The van der Waals surface area contributed by atoms with Crippen LogP contribution in [0.25, 0.3) is 0 Å². The van der Waals surface area contributed by atoms with Gasteiger partial charge in [-0.25, -0.2) is 0 Å². The van der Waals surface area contributed by atoms with Crippen LogP contribution in [0.5, 0.6) is 0 Å². The lowest BCUT2D eigenvalue weighted by molar-refractivity contribution is -0.134. The predicted molar refractivity (Wildman–Crippen MR) is 62.3 cm³/mol. The number of carbonyl (C=O) groups is 1. The van der Waals surface area contributed by atoms with Crippen molar-refractivity contribution in [1.29, 1.82) is 0 Å². The first-order chi connectivity index (χ1) is 7.86. The van der Waals surface area contributed by atoms with Crippen LogP contribution in [-0.4, -0.2) is 49.7 Å². The minimum absolute atomic E-state index is 0.0875. The van der Waals surface area contributed by atoms with Crippen LogP contribution in [0.3, 0.4) is 0 Å². The fourth-order valence-corrected chi connectivity index (χ4v) is 2.39. The molecule has 16 heavy (non-hydrogen) atoms. The normalized spacial score (nSPS) is 27.5. The fourth-order valence-electron chi connectivity index (χ4n) is 2.39. The summed E-state index contributed by atoms with van der Waals surface area (Å²) in [6, 6.07) is 0. The molecule has 0 aromatic rings. The third kappa shape index (κ3) is 3.46. The molecule has 4 nitrogen and oxygen atoms in total. The van der Waals surface area contributed by atoms with Gasteiger partial charge in [0.05, 0.1) is 19.1 Å². The molecule has 0 aromatic heterocycles. The second-order valence-electron chi connectivity index (χ2n) is 4.70. The van der Waals surface area contributed by atoms with Crippen LogP contribution in [0.4, 0.5) is 0 Å². The maximum atomic E-state index is 12.0. The van der Waals surface area contributed by atoms with Crippen molar-refractivity contribution < 1.29 is 9.53 Å². The summed E-state index contributed by atoms with van der Waals surface area (Å²) < 4.78 is 5.56. The highest BCUT2D eigenvalue weighted by Gasteiger charge is 2.21. The Kier molecular flexibility index (Phi) is 4.60. The van der Waals surface area contributed by atoms with Crippen molar-refractivity contribution in [3.8, 4) is 0 Å². The van der Waals surface area contributed by atoms with E-state index in [-0.39, 0.29) is 12.0 Å². The number of carbonyl (C=O) groups excluding carboxylic acids is 1. The molecule has 92 valence electrons. The minimum Gasteiger partial charge on any atom is -0.375 e. The smallest absolute Gasteiger partial charge is 0.225 e. The highest BCUT2D eigenvalue weighted by Crippen LogP contribution is 2.12. The zero-order valence-electron chi connectivity index (χ0n) is 9.91. The van der Waals surface area contributed by atoms with Gasteiger partial charge in [0.1, 0.15) is 0 Å². The van der Waals surface area contributed by atoms with Crippen molar-refractivity contribution >= 4 is 5.91 Å². The summed E-state index contributed by atoms with van der Waals surface area (Å²) in [5.41, 5.74) is 0. The quantitative estimate of drug-likeness (QED) is 0.756. The second kappa shape index (κ2) is 6.21. The lowest BCUT2D eigenvalue weighted by atomic mass is 10.2. The van der Waals surface area contributed by atoms with E-state index in [1.54, 1.807) is 0 Å².